The fourth-order valence-corrected chi connectivity index (χ4v) is 1.69. The van der Waals surface area contributed by atoms with Crippen molar-refractivity contribution in [1.29, 1.82) is 0 Å². The number of phosphoric ester groups is 2. The van der Waals surface area contributed by atoms with Crippen molar-refractivity contribution in [1.82, 2.24) is 0 Å². The Labute approximate surface area is 112 Å². The first-order valence-electron chi connectivity index (χ1n) is 4.96. The number of aliphatic hydroxyl groups excluding tert-OH is 4. The van der Waals surface area contributed by atoms with Gasteiger partial charge in [0.1, 0.15) is 24.4 Å². The highest BCUT2D eigenvalue weighted by atomic mass is 31.2. The fourth-order valence-electron chi connectivity index (χ4n) is 0.999. The van der Waals surface area contributed by atoms with Crippen LogP contribution in [0.15, 0.2) is 0 Å². The van der Waals surface area contributed by atoms with Gasteiger partial charge < -0.3 is 40.0 Å². The molecular weight excluding hydrogens is 326 g/mol. The van der Waals surface area contributed by atoms with Gasteiger partial charge in [0, 0.05) is 0 Å². The van der Waals surface area contributed by atoms with Crippen LogP contribution in [0.1, 0.15) is 0 Å². The van der Waals surface area contributed by atoms with Gasteiger partial charge in [-0.3, -0.25) is 9.05 Å². The van der Waals surface area contributed by atoms with Gasteiger partial charge in [0.15, 0.2) is 0 Å². The second-order valence-electron chi connectivity index (χ2n) is 3.69. The standard InChI is InChI=1S/C6H16O12P2/c7-3(1-17-19(11,12)13)5(9)6(10)4(8)2-18-20(14,15)16/h3-10H,1-2H2,(H2,11,12,13)(H2,14,15,16)/t3-,4-,5-,6-/m1/s1. The fraction of sp³-hybridized carbons (Fsp3) is 1.00. The minimum absolute atomic E-state index is 1.05. The summed E-state index contributed by atoms with van der Waals surface area (Å²) in [5.74, 6) is 0. The number of aliphatic hydroxyl groups is 4. The molecule has 0 saturated carbocycles. The molecular formula is C6H16O12P2. The van der Waals surface area contributed by atoms with Gasteiger partial charge in [-0.25, -0.2) is 9.13 Å². The van der Waals surface area contributed by atoms with Crippen molar-refractivity contribution in [3.63, 3.8) is 0 Å². The predicted octanol–water partition coefficient (Wildman–Crippen LogP) is -3.35. The van der Waals surface area contributed by atoms with E-state index < -0.39 is 53.3 Å². The molecule has 0 radical (unpaired) electrons. The average Bonchev–Trinajstić information content (AvgIpc) is 2.29. The van der Waals surface area contributed by atoms with Crippen molar-refractivity contribution in [2.45, 2.75) is 24.4 Å². The Kier molecular flexibility index (Phi) is 7.92. The van der Waals surface area contributed by atoms with Crippen LogP contribution >= 0.6 is 15.6 Å². The molecule has 0 saturated heterocycles. The Morgan fingerprint density at radius 2 is 0.950 bits per heavy atom. The lowest BCUT2D eigenvalue weighted by atomic mass is 10.0. The molecule has 0 aromatic carbocycles. The number of rotatable bonds is 9. The summed E-state index contributed by atoms with van der Waals surface area (Å²) in [5, 5.41) is 37.2. The highest BCUT2D eigenvalue weighted by Gasteiger charge is 2.33. The molecule has 0 aliphatic heterocycles. The number of hydrogen-bond acceptors (Lipinski definition) is 8. The molecule has 122 valence electrons. The van der Waals surface area contributed by atoms with E-state index in [-0.39, 0.29) is 0 Å². The zero-order valence-electron chi connectivity index (χ0n) is 9.83. The maximum atomic E-state index is 10.3. The molecule has 0 bridgehead atoms. The van der Waals surface area contributed by atoms with Gasteiger partial charge in [-0.05, 0) is 0 Å². The smallest absolute Gasteiger partial charge is 0.388 e. The van der Waals surface area contributed by atoms with E-state index in [1.807, 2.05) is 0 Å². The van der Waals surface area contributed by atoms with E-state index in [2.05, 4.69) is 9.05 Å². The first-order valence-corrected chi connectivity index (χ1v) is 8.02. The molecule has 0 aromatic heterocycles. The molecule has 0 rings (SSSR count). The van der Waals surface area contributed by atoms with Crippen molar-refractivity contribution in [3.8, 4) is 0 Å². The molecule has 20 heavy (non-hydrogen) atoms. The second kappa shape index (κ2) is 7.90. The summed E-state index contributed by atoms with van der Waals surface area (Å²) < 4.78 is 28.4. The average molecular weight is 342 g/mol. The summed E-state index contributed by atoms with van der Waals surface area (Å²) >= 11 is 0. The van der Waals surface area contributed by atoms with Gasteiger partial charge in [-0.15, -0.1) is 0 Å². The van der Waals surface area contributed by atoms with E-state index in [0.717, 1.165) is 0 Å². The molecule has 0 amide bonds. The van der Waals surface area contributed by atoms with E-state index in [1.54, 1.807) is 0 Å². The van der Waals surface area contributed by atoms with Crippen LogP contribution in [-0.4, -0.2) is 77.6 Å². The van der Waals surface area contributed by atoms with Gasteiger partial charge in [-0.1, -0.05) is 0 Å². The molecule has 0 unspecified atom stereocenters. The first kappa shape index (κ1) is 20.1. The van der Waals surface area contributed by atoms with Gasteiger partial charge in [0.2, 0.25) is 0 Å². The Bertz CT molecular complexity index is 338. The second-order valence-corrected chi connectivity index (χ2v) is 6.17. The molecule has 0 spiro atoms. The zero-order chi connectivity index (χ0) is 16.1. The van der Waals surface area contributed by atoms with Crippen LogP contribution in [0.4, 0.5) is 0 Å². The lowest BCUT2D eigenvalue weighted by Gasteiger charge is -2.26. The first-order chi connectivity index (χ1) is 8.83. The molecule has 0 fully saturated rings. The summed E-state index contributed by atoms with van der Waals surface area (Å²) in [4.78, 5) is 33.4. The van der Waals surface area contributed by atoms with Crippen LogP contribution in [0.25, 0.3) is 0 Å². The highest BCUT2D eigenvalue weighted by molar-refractivity contribution is 7.46. The Balaban J connectivity index is 4.34. The van der Waals surface area contributed by atoms with Crippen molar-refractivity contribution in [2.24, 2.45) is 0 Å². The minimum atomic E-state index is -4.89. The molecule has 8 N–H and O–H groups in total. The maximum Gasteiger partial charge on any atom is 0.469 e. The lowest BCUT2D eigenvalue weighted by Crippen LogP contribution is -2.47. The van der Waals surface area contributed by atoms with E-state index >= 15 is 0 Å². The summed E-state index contributed by atoms with van der Waals surface area (Å²) in [6.07, 6.45) is -8.14. The molecule has 0 aliphatic rings. The minimum Gasteiger partial charge on any atom is -0.388 e. The number of hydrogen-bond donors (Lipinski definition) is 8. The van der Waals surface area contributed by atoms with Crippen LogP contribution in [0.5, 0.6) is 0 Å². The van der Waals surface area contributed by atoms with Gasteiger partial charge in [0.05, 0.1) is 13.2 Å². The molecule has 4 atom stereocenters. The summed E-state index contributed by atoms with van der Waals surface area (Å²) in [5.41, 5.74) is 0. The largest absolute Gasteiger partial charge is 0.469 e. The quantitative estimate of drug-likeness (QED) is 0.193. The van der Waals surface area contributed by atoms with Crippen molar-refractivity contribution >= 4 is 15.6 Å². The van der Waals surface area contributed by atoms with E-state index in [1.165, 1.54) is 0 Å². The summed E-state index contributed by atoms with van der Waals surface area (Å²) in [6.45, 7) is -2.09. The van der Waals surface area contributed by atoms with Crippen molar-refractivity contribution < 1.29 is 58.2 Å². The molecule has 0 aromatic rings. The monoisotopic (exact) mass is 342 g/mol. The van der Waals surface area contributed by atoms with E-state index in [4.69, 9.17) is 19.6 Å². The summed E-state index contributed by atoms with van der Waals surface area (Å²) in [7, 11) is -9.78. The normalized spacial score (nSPS) is 19.4. The van der Waals surface area contributed by atoms with Crippen LogP contribution < -0.4 is 0 Å². The summed E-state index contributed by atoms with van der Waals surface area (Å²) in [6, 6.07) is 0. The zero-order valence-corrected chi connectivity index (χ0v) is 11.6. The predicted molar refractivity (Wildman–Crippen MR) is 60.0 cm³/mol. The molecule has 14 heteroatoms. The van der Waals surface area contributed by atoms with Gasteiger partial charge >= 0.3 is 15.6 Å². The Morgan fingerprint density at radius 1 is 0.700 bits per heavy atom. The third-order valence-corrected chi connectivity index (χ3v) is 2.94. The lowest BCUT2D eigenvalue weighted by molar-refractivity contribution is -0.121. The third-order valence-electron chi connectivity index (χ3n) is 1.97. The van der Waals surface area contributed by atoms with Gasteiger partial charge in [0.25, 0.3) is 0 Å². The Morgan fingerprint density at radius 3 is 1.15 bits per heavy atom. The SMILES string of the molecule is O=P(O)(O)OC[C@@H](O)[C@@H](O)[C@H](O)[C@H](O)COP(=O)(O)O. The maximum absolute atomic E-state index is 10.3. The van der Waals surface area contributed by atoms with Crippen LogP contribution in [-0.2, 0) is 18.2 Å². The molecule has 0 heterocycles. The van der Waals surface area contributed by atoms with Crippen LogP contribution in [0.3, 0.4) is 0 Å². The molecule has 0 aliphatic carbocycles. The van der Waals surface area contributed by atoms with E-state index in [9.17, 15) is 29.6 Å². The highest BCUT2D eigenvalue weighted by Crippen LogP contribution is 2.36. The number of phosphoric acid groups is 2. The van der Waals surface area contributed by atoms with Gasteiger partial charge in [-0.2, -0.15) is 0 Å². The van der Waals surface area contributed by atoms with Crippen LogP contribution in [0, 0.1) is 0 Å². The third kappa shape index (κ3) is 9.08. The topological polar surface area (TPSA) is 214 Å². The van der Waals surface area contributed by atoms with Crippen LogP contribution in [0.2, 0.25) is 0 Å². The van der Waals surface area contributed by atoms with E-state index in [0.29, 0.717) is 0 Å². The van der Waals surface area contributed by atoms with Crippen molar-refractivity contribution in [2.75, 3.05) is 13.2 Å². The molecule has 12 nitrogen and oxygen atoms in total. The Hall–Kier alpha value is 0.0600. The van der Waals surface area contributed by atoms with Crippen molar-refractivity contribution in [3.05, 3.63) is 0 Å².